The average Bonchev–Trinajstić information content (AvgIpc) is 3.12. The zero-order chi connectivity index (χ0) is 21.7. The molecule has 160 valence electrons. The van der Waals surface area contributed by atoms with E-state index in [0.29, 0.717) is 29.1 Å². The van der Waals surface area contributed by atoms with Crippen molar-refractivity contribution in [3.63, 3.8) is 0 Å². The summed E-state index contributed by atoms with van der Waals surface area (Å²) in [4.78, 5) is 26.2. The third-order valence-corrected chi connectivity index (χ3v) is 6.84. The molecule has 0 bridgehead atoms. The highest BCUT2D eigenvalue weighted by molar-refractivity contribution is 7.91. The zero-order valence-electron chi connectivity index (χ0n) is 16.9. The predicted octanol–water partition coefficient (Wildman–Crippen LogP) is 2.00. The molecule has 8 nitrogen and oxygen atoms in total. The summed E-state index contributed by atoms with van der Waals surface area (Å²) in [6.07, 6.45) is 0.475. The van der Waals surface area contributed by atoms with E-state index >= 15 is 0 Å². The number of likely N-dealkylation sites (N-methyl/N-ethyl adjacent to an activating group) is 1. The van der Waals surface area contributed by atoms with E-state index in [1.54, 1.807) is 62.7 Å². The van der Waals surface area contributed by atoms with E-state index in [1.807, 2.05) is 0 Å². The third-order valence-electron chi connectivity index (χ3n) is 5.09. The van der Waals surface area contributed by atoms with Crippen LogP contribution in [-0.2, 0) is 14.6 Å². The molecule has 9 heteroatoms. The number of nitrogens with one attached hydrogen (secondary N) is 2. The fourth-order valence-corrected chi connectivity index (χ4v) is 4.98. The van der Waals surface area contributed by atoms with E-state index in [1.165, 1.54) is 4.90 Å². The summed E-state index contributed by atoms with van der Waals surface area (Å²) < 4.78 is 28.3. The molecule has 1 heterocycles. The average molecular weight is 432 g/mol. The number of ether oxygens (including phenoxy) is 1. The Balaban J connectivity index is 1.51. The molecule has 0 spiro atoms. The quantitative estimate of drug-likeness (QED) is 0.695. The third kappa shape index (κ3) is 5.50. The molecule has 0 aromatic heterocycles. The monoisotopic (exact) mass is 431 g/mol. The smallest absolute Gasteiger partial charge is 0.255 e. The Hall–Kier alpha value is -3.07. The minimum atomic E-state index is -3.04. The van der Waals surface area contributed by atoms with E-state index in [2.05, 4.69) is 10.6 Å². The molecule has 2 N–H and O–H groups in total. The standard InChI is InChI=1S/C21H25N3O5S/c1-24(18-11-12-30(27,28)14-18)20(25)13-22-16-5-3-15(4-6-16)21(26)23-17-7-9-19(29-2)10-8-17/h3-10,18,22H,11-14H2,1-2H3,(H,23,26). The second-order valence-electron chi connectivity index (χ2n) is 7.18. The van der Waals surface area contributed by atoms with Gasteiger partial charge in [-0.1, -0.05) is 0 Å². The van der Waals surface area contributed by atoms with Gasteiger partial charge in [0.15, 0.2) is 9.84 Å². The molecule has 2 aromatic rings. The van der Waals surface area contributed by atoms with Gasteiger partial charge in [0.2, 0.25) is 5.91 Å². The van der Waals surface area contributed by atoms with Crippen molar-refractivity contribution in [2.75, 3.05) is 42.8 Å². The van der Waals surface area contributed by atoms with Crippen molar-refractivity contribution < 1.29 is 22.7 Å². The Kier molecular flexibility index (Phi) is 6.61. The summed E-state index contributed by atoms with van der Waals surface area (Å²) in [6, 6.07) is 13.5. The Morgan fingerprint density at radius 3 is 2.27 bits per heavy atom. The molecule has 1 aliphatic heterocycles. The lowest BCUT2D eigenvalue weighted by molar-refractivity contribution is -0.129. The fourth-order valence-electron chi connectivity index (χ4n) is 3.20. The first-order valence-electron chi connectivity index (χ1n) is 9.53. The number of sulfone groups is 1. The van der Waals surface area contributed by atoms with Crippen LogP contribution in [0.5, 0.6) is 5.75 Å². The minimum Gasteiger partial charge on any atom is -0.497 e. The highest BCUT2D eigenvalue weighted by Gasteiger charge is 2.32. The maximum absolute atomic E-state index is 12.4. The van der Waals surface area contributed by atoms with Gasteiger partial charge in [0, 0.05) is 30.0 Å². The lowest BCUT2D eigenvalue weighted by Gasteiger charge is -2.23. The Morgan fingerprint density at radius 2 is 1.70 bits per heavy atom. The number of benzene rings is 2. The second-order valence-corrected chi connectivity index (χ2v) is 9.40. The van der Waals surface area contributed by atoms with Gasteiger partial charge in [-0.3, -0.25) is 9.59 Å². The van der Waals surface area contributed by atoms with Crippen LogP contribution in [0, 0.1) is 0 Å². The number of carbonyl (C=O) groups excluding carboxylic acids is 2. The van der Waals surface area contributed by atoms with Gasteiger partial charge in [0.1, 0.15) is 5.75 Å². The Bertz CT molecular complexity index is 1000. The lowest BCUT2D eigenvalue weighted by atomic mass is 10.2. The molecular formula is C21H25N3O5S. The molecule has 1 atom stereocenters. The lowest BCUT2D eigenvalue weighted by Crippen LogP contribution is -2.40. The van der Waals surface area contributed by atoms with Crippen molar-refractivity contribution in [3.05, 3.63) is 54.1 Å². The summed E-state index contributed by atoms with van der Waals surface area (Å²) in [5.41, 5.74) is 1.83. The molecule has 2 aromatic carbocycles. The Morgan fingerprint density at radius 1 is 1.07 bits per heavy atom. The number of methoxy groups -OCH3 is 1. The summed E-state index contributed by atoms with van der Waals surface area (Å²) in [7, 11) is 0.166. The van der Waals surface area contributed by atoms with Crippen LogP contribution in [0.15, 0.2) is 48.5 Å². The van der Waals surface area contributed by atoms with Gasteiger partial charge < -0.3 is 20.3 Å². The van der Waals surface area contributed by atoms with Crippen molar-refractivity contribution in [1.29, 1.82) is 0 Å². The zero-order valence-corrected chi connectivity index (χ0v) is 17.7. The van der Waals surface area contributed by atoms with E-state index < -0.39 is 9.84 Å². The van der Waals surface area contributed by atoms with Gasteiger partial charge in [0.25, 0.3) is 5.91 Å². The summed E-state index contributed by atoms with van der Waals surface area (Å²) in [5, 5.41) is 5.82. The molecule has 1 unspecified atom stereocenters. The van der Waals surface area contributed by atoms with E-state index in [0.717, 1.165) is 0 Å². The fraction of sp³-hybridized carbons (Fsp3) is 0.333. The van der Waals surface area contributed by atoms with Gasteiger partial charge in [-0.05, 0) is 55.0 Å². The number of rotatable bonds is 7. The van der Waals surface area contributed by atoms with E-state index in [-0.39, 0.29) is 35.9 Å². The molecule has 0 radical (unpaired) electrons. The molecule has 0 aliphatic carbocycles. The second kappa shape index (κ2) is 9.17. The maximum atomic E-state index is 12.4. The number of carbonyl (C=O) groups is 2. The minimum absolute atomic E-state index is 0.0211. The number of anilines is 2. The van der Waals surface area contributed by atoms with Gasteiger partial charge in [0.05, 0.1) is 25.2 Å². The molecule has 1 saturated heterocycles. The first-order chi connectivity index (χ1) is 14.3. The number of hydrogen-bond donors (Lipinski definition) is 2. The highest BCUT2D eigenvalue weighted by atomic mass is 32.2. The van der Waals surface area contributed by atoms with Crippen LogP contribution in [0.4, 0.5) is 11.4 Å². The van der Waals surface area contributed by atoms with E-state index in [4.69, 9.17) is 4.74 Å². The normalized spacial score (nSPS) is 17.2. The molecule has 2 amide bonds. The van der Waals surface area contributed by atoms with Crippen LogP contribution < -0.4 is 15.4 Å². The van der Waals surface area contributed by atoms with Gasteiger partial charge in [-0.25, -0.2) is 8.42 Å². The summed E-state index contributed by atoms with van der Waals surface area (Å²) >= 11 is 0. The number of amides is 2. The van der Waals surface area contributed by atoms with Crippen LogP contribution in [0.2, 0.25) is 0 Å². The van der Waals surface area contributed by atoms with Crippen molar-refractivity contribution >= 4 is 33.0 Å². The van der Waals surface area contributed by atoms with Crippen LogP contribution in [0.1, 0.15) is 16.8 Å². The van der Waals surface area contributed by atoms with E-state index in [9.17, 15) is 18.0 Å². The molecule has 1 aliphatic rings. The van der Waals surface area contributed by atoms with Gasteiger partial charge in [-0.2, -0.15) is 0 Å². The topological polar surface area (TPSA) is 105 Å². The van der Waals surface area contributed by atoms with Gasteiger partial charge in [-0.15, -0.1) is 0 Å². The largest absolute Gasteiger partial charge is 0.497 e. The number of nitrogens with zero attached hydrogens (tertiary/aromatic N) is 1. The first-order valence-corrected chi connectivity index (χ1v) is 11.3. The Labute approximate surface area is 176 Å². The number of hydrogen-bond acceptors (Lipinski definition) is 6. The summed E-state index contributed by atoms with van der Waals surface area (Å²) in [6.45, 7) is 0.0461. The van der Waals surface area contributed by atoms with Crippen molar-refractivity contribution in [2.24, 2.45) is 0 Å². The van der Waals surface area contributed by atoms with Crippen LogP contribution in [0.25, 0.3) is 0 Å². The van der Waals surface area contributed by atoms with Crippen LogP contribution in [-0.4, -0.2) is 63.4 Å². The molecule has 30 heavy (non-hydrogen) atoms. The predicted molar refractivity (Wildman–Crippen MR) is 116 cm³/mol. The molecule has 1 fully saturated rings. The first kappa shape index (κ1) is 21.6. The SMILES string of the molecule is COc1ccc(NC(=O)c2ccc(NCC(=O)N(C)C3CCS(=O)(=O)C3)cc2)cc1. The van der Waals surface area contributed by atoms with Crippen LogP contribution in [0.3, 0.4) is 0 Å². The van der Waals surface area contributed by atoms with Gasteiger partial charge >= 0.3 is 0 Å². The van der Waals surface area contributed by atoms with Crippen molar-refractivity contribution in [3.8, 4) is 5.75 Å². The van der Waals surface area contributed by atoms with Crippen molar-refractivity contribution in [2.45, 2.75) is 12.5 Å². The maximum Gasteiger partial charge on any atom is 0.255 e. The summed E-state index contributed by atoms with van der Waals surface area (Å²) in [5.74, 6) is 0.428. The molecule has 0 saturated carbocycles. The molecular weight excluding hydrogens is 406 g/mol. The van der Waals surface area contributed by atoms with Crippen LogP contribution >= 0.6 is 0 Å². The highest BCUT2D eigenvalue weighted by Crippen LogP contribution is 2.18. The molecule has 3 rings (SSSR count). The van der Waals surface area contributed by atoms with Crippen molar-refractivity contribution in [1.82, 2.24) is 4.90 Å².